The number of carbonyl (C=O) groups excluding carboxylic acids is 1. The molecule has 134 valence electrons. The monoisotopic (exact) mass is 335 g/mol. The van der Waals surface area contributed by atoms with E-state index in [2.05, 4.69) is 35.7 Å². The predicted octanol–water partition coefficient (Wildman–Crippen LogP) is 2.42. The van der Waals surface area contributed by atoms with Crippen LogP contribution in [-0.2, 0) is 16.1 Å². The standard InChI is InChI=1S/C17H29N5O2/c1-17(2,3)12-8-6-11(7-9-12)14(23)24-10-13-19-15(18)21-16(20-13)22(4)5/h11-12H,6-10H2,1-5H3,(H2,18,19,20,21). The molecule has 7 heteroatoms. The van der Waals surface area contributed by atoms with Crippen molar-refractivity contribution in [3.63, 3.8) is 0 Å². The molecular weight excluding hydrogens is 306 g/mol. The molecule has 1 aromatic rings. The van der Waals surface area contributed by atoms with E-state index in [0.29, 0.717) is 23.1 Å². The Balaban J connectivity index is 1.88. The van der Waals surface area contributed by atoms with Gasteiger partial charge in [-0.05, 0) is 37.0 Å². The van der Waals surface area contributed by atoms with Gasteiger partial charge in [-0.15, -0.1) is 0 Å². The van der Waals surface area contributed by atoms with Gasteiger partial charge in [0, 0.05) is 14.1 Å². The molecule has 0 aromatic carbocycles. The van der Waals surface area contributed by atoms with Gasteiger partial charge in [0.05, 0.1) is 5.92 Å². The molecule has 0 radical (unpaired) electrons. The van der Waals surface area contributed by atoms with E-state index in [4.69, 9.17) is 10.5 Å². The maximum Gasteiger partial charge on any atom is 0.309 e. The molecule has 2 N–H and O–H groups in total. The molecule has 24 heavy (non-hydrogen) atoms. The Bertz CT molecular complexity index is 575. The number of nitrogen functional groups attached to an aromatic ring is 1. The van der Waals surface area contributed by atoms with Gasteiger partial charge in [0.25, 0.3) is 0 Å². The van der Waals surface area contributed by atoms with Crippen molar-refractivity contribution in [3.8, 4) is 0 Å². The van der Waals surface area contributed by atoms with Gasteiger partial charge in [-0.3, -0.25) is 4.79 Å². The summed E-state index contributed by atoms with van der Waals surface area (Å²) in [5.41, 5.74) is 5.98. The van der Waals surface area contributed by atoms with Crippen molar-refractivity contribution in [2.45, 2.75) is 53.1 Å². The number of nitrogens with two attached hydrogens (primary N) is 1. The van der Waals surface area contributed by atoms with Crippen molar-refractivity contribution < 1.29 is 9.53 Å². The van der Waals surface area contributed by atoms with E-state index in [9.17, 15) is 4.79 Å². The normalized spacial score (nSPS) is 21.4. The number of hydrogen-bond donors (Lipinski definition) is 1. The van der Waals surface area contributed by atoms with Gasteiger partial charge in [-0.25, -0.2) is 0 Å². The second-order valence-electron chi connectivity index (χ2n) is 7.83. The lowest BCUT2D eigenvalue weighted by Crippen LogP contribution is -2.29. The first-order valence-corrected chi connectivity index (χ1v) is 8.51. The maximum atomic E-state index is 12.3. The van der Waals surface area contributed by atoms with Crippen LogP contribution in [0.15, 0.2) is 0 Å². The van der Waals surface area contributed by atoms with Crippen LogP contribution in [-0.4, -0.2) is 35.0 Å². The Morgan fingerprint density at radius 3 is 2.33 bits per heavy atom. The van der Waals surface area contributed by atoms with Crippen LogP contribution in [0.3, 0.4) is 0 Å². The molecule has 1 saturated carbocycles. The van der Waals surface area contributed by atoms with Gasteiger partial charge in [0.2, 0.25) is 11.9 Å². The zero-order valence-electron chi connectivity index (χ0n) is 15.4. The highest BCUT2D eigenvalue weighted by Crippen LogP contribution is 2.40. The molecule has 7 nitrogen and oxygen atoms in total. The van der Waals surface area contributed by atoms with Crippen LogP contribution in [0.4, 0.5) is 11.9 Å². The Kier molecular flexibility index (Phi) is 5.62. The number of ether oxygens (including phenoxy) is 1. The fourth-order valence-electron chi connectivity index (χ4n) is 3.14. The lowest BCUT2D eigenvalue weighted by Gasteiger charge is -2.36. The molecule has 1 heterocycles. The van der Waals surface area contributed by atoms with Crippen molar-refractivity contribution in [1.82, 2.24) is 15.0 Å². The summed E-state index contributed by atoms with van der Waals surface area (Å²) in [5, 5.41) is 0. The van der Waals surface area contributed by atoms with Crippen LogP contribution in [0.25, 0.3) is 0 Å². The Morgan fingerprint density at radius 2 is 1.79 bits per heavy atom. The first-order chi connectivity index (χ1) is 11.2. The van der Waals surface area contributed by atoms with E-state index in [1.165, 1.54) is 0 Å². The van der Waals surface area contributed by atoms with Crippen LogP contribution in [0.5, 0.6) is 0 Å². The van der Waals surface area contributed by atoms with Gasteiger partial charge in [0.1, 0.15) is 0 Å². The Hall–Kier alpha value is -1.92. The molecule has 0 amide bonds. The topological polar surface area (TPSA) is 94.2 Å². The zero-order valence-corrected chi connectivity index (χ0v) is 15.4. The van der Waals surface area contributed by atoms with Gasteiger partial charge < -0.3 is 15.4 Å². The lowest BCUT2D eigenvalue weighted by atomic mass is 9.70. The molecule has 1 aliphatic rings. The number of anilines is 2. The van der Waals surface area contributed by atoms with Crippen molar-refractivity contribution >= 4 is 17.9 Å². The molecule has 0 bridgehead atoms. The Labute approximate surface area is 144 Å². The van der Waals surface area contributed by atoms with Crippen LogP contribution in [0.1, 0.15) is 52.3 Å². The van der Waals surface area contributed by atoms with Crippen molar-refractivity contribution in [1.29, 1.82) is 0 Å². The zero-order chi connectivity index (χ0) is 17.9. The number of nitrogens with zero attached hydrogens (tertiary/aromatic N) is 4. The minimum Gasteiger partial charge on any atom is -0.457 e. The summed E-state index contributed by atoms with van der Waals surface area (Å²) in [6.45, 7) is 6.84. The van der Waals surface area contributed by atoms with E-state index in [-0.39, 0.29) is 24.4 Å². The minimum atomic E-state index is -0.159. The second-order valence-corrected chi connectivity index (χ2v) is 7.83. The van der Waals surface area contributed by atoms with E-state index in [1.54, 1.807) is 4.90 Å². The number of esters is 1. The third kappa shape index (κ3) is 4.79. The predicted molar refractivity (Wildman–Crippen MR) is 93.3 cm³/mol. The van der Waals surface area contributed by atoms with E-state index >= 15 is 0 Å². The first-order valence-electron chi connectivity index (χ1n) is 8.51. The highest BCUT2D eigenvalue weighted by Gasteiger charge is 2.33. The summed E-state index contributed by atoms with van der Waals surface area (Å²) in [7, 11) is 3.64. The lowest BCUT2D eigenvalue weighted by molar-refractivity contribution is -0.151. The number of rotatable bonds is 4. The van der Waals surface area contributed by atoms with Gasteiger partial charge in [0.15, 0.2) is 12.4 Å². The molecule has 1 aromatic heterocycles. The number of hydrogen-bond acceptors (Lipinski definition) is 7. The summed E-state index contributed by atoms with van der Waals surface area (Å²) in [6, 6.07) is 0. The highest BCUT2D eigenvalue weighted by molar-refractivity contribution is 5.72. The van der Waals surface area contributed by atoms with Gasteiger partial charge in [-0.1, -0.05) is 20.8 Å². The molecule has 0 aliphatic heterocycles. The molecule has 0 spiro atoms. The fourth-order valence-corrected chi connectivity index (χ4v) is 3.14. The van der Waals surface area contributed by atoms with E-state index in [1.807, 2.05) is 14.1 Å². The van der Waals surface area contributed by atoms with Crippen molar-refractivity contribution in [2.75, 3.05) is 24.7 Å². The third-order valence-corrected chi connectivity index (χ3v) is 4.72. The second kappa shape index (κ2) is 7.32. The minimum absolute atomic E-state index is 0.0175. The van der Waals surface area contributed by atoms with Crippen molar-refractivity contribution in [2.24, 2.45) is 17.3 Å². The molecule has 0 unspecified atom stereocenters. The molecule has 0 saturated heterocycles. The van der Waals surface area contributed by atoms with Crippen molar-refractivity contribution in [3.05, 3.63) is 5.82 Å². The average Bonchev–Trinajstić information content (AvgIpc) is 2.51. The SMILES string of the molecule is CN(C)c1nc(N)nc(COC(=O)C2CCC(C(C)(C)C)CC2)n1. The van der Waals surface area contributed by atoms with Crippen LogP contribution >= 0.6 is 0 Å². The van der Waals surface area contributed by atoms with E-state index in [0.717, 1.165) is 25.7 Å². The fraction of sp³-hybridized carbons (Fsp3) is 0.765. The first kappa shape index (κ1) is 18.4. The number of carbonyl (C=O) groups is 1. The van der Waals surface area contributed by atoms with Gasteiger partial charge >= 0.3 is 5.97 Å². The summed E-state index contributed by atoms with van der Waals surface area (Å²) in [5.74, 6) is 1.46. The highest BCUT2D eigenvalue weighted by atomic mass is 16.5. The average molecular weight is 335 g/mol. The van der Waals surface area contributed by atoms with Crippen LogP contribution in [0.2, 0.25) is 0 Å². The smallest absolute Gasteiger partial charge is 0.309 e. The van der Waals surface area contributed by atoms with E-state index < -0.39 is 0 Å². The molecule has 0 atom stereocenters. The van der Waals surface area contributed by atoms with Crippen LogP contribution < -0.4 is 10.6 Å². The summed E-state index contributed by atoms with van der Waals surface area (Å²) in [6.07, 6.45) is 3.94. The van der Waals surface area contributed by atoms with Crippen LogP contribution in [0, 0.1) is 17.3 Å². The molecule has 1 aliphatic carbocycles. The maximum absolute atomic E-state index is 12.3. The summed E-state index contributed by atoms with van der Waals surface area (Å²) >= 11 is 0. The van der Waals surface area contributed by atoms with Gasteiger partial charge in [-0.2, -0.15) is 15.0 Å². The molecule has 1 fully saturated rings. The quantitative estimate of drug-likeness (QED) is 0.844. The molecule has 2 rings (SSSR count). The Morgan fingerprint density at radius 1 is 1.17 bits per heavy atom. The summed E-state index contributed by atoms with van der Waals surface area (Å²) in [4.78, 5) is 26.3. The molecular formula is C17H29N5O2. The summed E-state index contributed by atoms with van der Waals surface area (Å²) < 4.78 is 5.41. The number of aromatic nitrogens is 3. The largest absolute Gasteiger partial charge is 0.457 e. The third-order valence-electron chi connectivity index (χ3n) is 4.72.